The van der Waals surface area contributed by atoms with E-state index in [4.69, 9.17) is 9.47 Å². The van der Waals surface area contributed by atoms with Crippen LogP contribution in [0.4, 0.5) is 0 Å². The minimum Gasteiger partial charge on any atom is -0.353 e. The average molecular weight is 185 g/mol. The molecule has 2 aliphatic heterocycles. The molecule has 0 radical (unpaired) electrons. The molecule has 1 N–H and O–H groups in total. The molecule has 0 aliphatic carbocycles. The van der Waals surface area contributed by atoms with Crippen molar-refractivity contribution in [2.45, 2.75) is 32.1 Å². The highest BCUT2D eigenvalue weighted by Gasteiger charge is 2.32. The largest absolute Gasteiger partial charge is 0.353 e. The Balaban J connectivity index is 1.83. The molecule has 4 nitrogen and oxygen atoms in total. The molecule has 2 atom stereocenters. The second-order valence-corrected chi connectivity index (χ2v) is 3.76. The van der Waals surface area contributed by atoms with Gasteiger partial charge in [-0.1, -0.05) is 6.92 Å². The second kappa shape index (κ2) is 3.64. The molecular formula is C9H15NO3. The number of hydrogen-bond acceptors (Lipinski definition) is 3. The minimum atomic E-state index is -0.106. The zero-order chi connectivity index (χ0) is 9.26. The van der Waals surface area contributed by atoms with E-state index in [0.29, 0.717) is 25.6 Å². The highest BCUT2D eigenvalue weighted by molar-refractivity contribution is 5.78. The molecule has 0 saturated carbocycles. The van der Waals surface area contributed by atoms with Crippen molar-refractivity contribution in [2.24, 2.45) is 5.92 Å². The van der Waals surface area contributed by atoms with Crippen LogP contribution in [0.5, 0.6) is 0 Å². The van der Waals surface area contributed by atoms with Gasteiger partial charge in [-0.25, -0.2) is 0 Å². The molecule has 2 saturated heterocycles. The quantitative estimate of drug-likeness (QED) is 0.672. The third-order valence-electron chi connectivity index (χ3n) is 2.68. The van der Waals surface area contributed by atoms with Gasteiger partial charge < -0.3 is 14.8 Å². The molecule has 74 valence electrons. The summed E-state index contributed by atoms with van der Waals surface area (Å²) in [7, 11) is 0. The monoisotopic (exact) mass is 185 g/mol. The Labute approximate surface area is 77.6 Å². The molecule has 13 heavy (non-hydrogen) atoms. The van der Waals surface area contributed by atoms with E-state index in [9.17, 15) is 4.79 Å². The number of amides is 1. The first kappa shape index (κ1) is 8.97. The zero-order valence-corrected chi connectivity index (χ0v) is 7.79. The Kier molecular flexibility index (Phi) is 2.51. The van der Waals surface area contributed by atoms with Crippen molar-refractivity contribution < 1.29 is 14.3 Å². The third-order valence-corrected chi connectivity index (χ3v) is 2.68. The fourth-order valence-corrected chi connectivity index (χ4v) is 1.88. The van der Waals surface area contributed by atoms with Gasteiger partial charge in [-0.2, -0.15) is 0 Å². The summed E-state index contributed by atoms with van der Waals surface area (Å²) in [4.78, 5) is 11.0. The normalized spacial score (nSPS) is 35.3. The molecular weight excluding hydrogens is 170 g/mol. The van der Waals surface area contributed by atoms with Crippen molar-refractivity contribution in [3.05, 3.63) is 0 Å². The van der Waals surface area contributed by atoms with E-state index >= 15 is 0 Å². The van der Waals surface area contributed by atoms with Crippen molar-refractivity contribution in [3.8, 4) is 0 Å². The predicted molar refractivity (Wildman–Crippen MR) is 46.0 cm³/mol. The molecule has 0 aromatic heterocycles. The summed E-state index contributed by atoms with van der Waals surface area (Å²) in [6, 6.07) is 0.232. The first-order chi connectivity index (χ1) is 6.25. The third kappa shape index (κ3) is 2.00. The minimum absolute atomic E-state index is 0.106. The van der Waals surface area contributed by atoms with Crippen molar-refractivity contribution in [1.82, 2.24) is 5.32 Å². The fourth-order valence-electron chi connectivity index (χ4n) is 1.88. The number of hydrogen-bond donors (Lipinski definition) is 1. The van der Waals surface area contributed by atoms with E-state index in [1.165, 1.54) is 0 Å². The molecule has 0 bridgehead atoms. The lowest BCUT2D eigenvalue weighted by Crippen LogP contribution is -2.32. The predicted octanol–water partition coefficient (Wildman–Crippen LogP) is 0.274. The van der Waals surface area contributed by atoms with Gasteiger partial charge in [-0.15, -0.1) is 0 Å². The van der Waals surface area contributed by atoms with Crippen LogP contribution in [0.25, 0.3) is 0 Å². The van der Waals surface area contributed by atoms with Crippen molar-refractivity contribution in [1.29, 1.82) is 0 Å². The van der Waals surface area contributed by atoms with Gasteiger partial charge in [0.05, 0.1) is 13.2 Å². The molecule has 0 spiro atoms. The van der Waals surface area contributed by atoms with Crippen LogP contribution in [-0.2, 0) is 14.3 Å². The Bertz CT molecular complexity index is 201. The smallest absolute Gasteiger partial charge is 0.220 e. The van der Waals surface area contributed by atoms with Crippen LogP contribution in [-0.4, -0.2) is 31.5 Å². The maximum absolute atomic E-state index is 11.0. The molecule has 2 heterocycles. The van der Waals surface area contributed by atoms with E-state index < -0.39 is 0 Å². The molecule has 2 rings (SSSR count). The fraction of sp³-hybridized carbons (Fsp3) is 0.889. The SMILES string of the molecule is CC1CC(=O)NC1CC1OCCO1. The molecule has 4 heteroatoms. The number of carbonyl (C=O) groups excluding carboxylic acids is 1. The lowest BCUT2D eigenvalue weighted by molar-refractivity contribution is -0.119. The van der Waals surface area contributed by atoms with Gasteiger partial charge in [0, 0.05) is 18.9 Å². The highest BCUT2D eigenvalue weighted by Crippen LogP contribution is 2.22. The summed E-state index contributed by atoms with van der Waals surface area (Å²) in [6.07, 6.45) is 1.32. The van der Waals surface area contributed by atoms with Crippen LogP contribution in [0, 0.1) is 5.92 Å². The number of ether oxygens (including phenoxy) is 2. The molecule has 0 aromatic rings. The second-order valence-electron chi connectivity index (χ2n) is 3.76. The molecule has 2 fully saturated rings. The maximum Gasteiger partial charge on any atom is 0.220 e. The van der Waals surface area contributed by atoms with Gasteiger partial charge in [0.15, 0.2) is 6.29 Å². The van der Waals surface area contributed by atoms with E-state index in [0.717, 1.165) is 6.42 Å². The number of carbonyl (C=O) groups is 1. The summed E-state index contributed by atoms with van der Waals surface area (Å²) >= 11 is 0. The number of rotatable bonds is 2. The van der Waals surface area contributed by atoms with Crippen LogP contribution < -0.4 is 5.32 Å². The Morgan fingerprint density at radius 1 is 1.46 bits per heavy atom. The van der Waals surface area contributed by atoms with Crippen LogP contribution in [0.3, 0.4) is 0 Å². The van der Waals surface area contributed by atoms with E-state index in [1.807, 2.05) is 0 Å². The van der Waals surface area contributed by atoms with E-state index in [1.54, 1.807) is 0 Å². The summed E-state index contributed by atoms with van der Waals surface area (Å²) in [5.41, 5.74) is 0. The molecule has 1 amide bonds. The van der Waals surface area contributed by atoms with Gasteiger partial charge >= 0.3 is 0 Å². The lowest BCUT2D eigenvalue weighted by atomic mass is 10.0. The Morgan fingerprint density at radius 2 is 2.15 bits per heavy atom. The van der Waals surface area contributed by atoms with Gasteiger partial charge in [-0.3, -0.25) is 4.79 Å². The molecule has 2 aliphatic rings. The molecule has 2 unspecified atom stereocenters. The lowest BCUT2D eigenvalue weighted by Gasteiger charge is -2.18. The summed E-state index contributed by atoms with van der Waals surface area (Å²) in [6.45, 7) is 3.44. The van der Waals surface area contributed by atoms with Crippen LogP contribution in [0.2, 0.25) is 0 Å². The number of nitrogens with one attached hydrogen (secondary N) is 1. The Morgan fingerprint density at radius 3 is 2.69 bits per heavy atom. The zero-order valence-electron chi connectivity index (χ0n) is 7.79. The topological polar surface area (TPSA) is 47.6 Å². The van der Waals surface area contributed by atoms with Gasteiger partial charge in [0.2, 0.25) is 5.91 Å². The van der Waals surface area contributed by atoms with Gasteiger partial charge in [0.25, 0.3) is 0 Å². The van der Waals surface area contributed by atoms with Gasteiger partial charge in [-0.05, 0) is 5.92 Å². The maximum atomic E-state index is 11.0. The summed E-state index contributed by atoms with van der Waals surface area (Å²) in [5, 5.41) is 2.93. The molecule has 0 aromatic carbocycles. The summed E-state index contributed by atoms with van der Waals surface area (Å²) < 4.78 is 10.6. The van der Waals surface area contributed by atoms with Crippen LogP contribution >= 0.6 is 0 Å². The standard InChI is InChI=1S/C9H15NO3/c1-6-4-8(11)10-7(6)5-9-12-2-3-13-9/h6-7,9H,2-5H2,1H3,(H,10,11). The van der Waals surface area contributed by atoms with Crippen molar-refractivity contribution in [3.63, 3.8) is 0 Å². The van der Waals surface area contributed by atoms with Crippen LogP contribution in [0.1, 0.15) is 19.8 Å². The first-order valence-corrected chi connectivity index (χ1v) is 4.78. The van der Waals surface area contributed by atoms with E-state index in [-0.39, 0.29) is 18.2 Å². The highest BCUT2D eigenvalue weighted by atomic mass is 16.7. The van der Waals surface area contributed by atoms with E-state index in [2.05, 4.69) is 12.2 Å². The van der Waals surface area contributed by atoms with Crippen molar-refractivity contribution in [2.75, 3.05) is 13.2 Å². The van der Waals surface area contributed by atoms with Crippen molar-refractivity contribution >= 4 is 5.91 Å². The Hall–Kier alpha value is -0.610. The average Bonchev–Trinajstić information content (AvgIpc) is 2.63. The summed E-state index contributed by atoms with van der Waals surface area (Å²) in [5.74, 6) is 0.552. The van der Waals surface area contributed by atoms with Gasteiger partial charge in [0.1, 0.15) is 0 Å². The van der Waals surface area contributed by atoms with Crippen LogP contribution in [0.15, 0.2) is 0 Å². The first-order valence-electron chi connectivity index (χ1n) is 4.78.